The van der Waals surface area contributed by atoms with Crippen LogP contribution >= 0.6 is 11.3 Å². The third kappa shape index (κ3) is 3.61. The van der Waals surface area contributed by atoms with Crippen LogP contribution in [0.2, 0.25) is 0 Å². The van der Waals surface area contributed by atoms with Crippen LogP contribution in [0.15, 0.2) is 24.4 Å². The minimum absolute atomic E-state index is 0.0594. The van der Waals surface area contributed by atoms with E-state index in [0.717, 1.165) is 22.7 Å². The van der Waals surface area contributed by atoms with Crippen molar-refractivity contribution in [2.75, 3.05) is 12.4 Å². The molecule has 4 nitrogen and oxygen atoms in total. The quantitative estimate of drug-likeness (QED) is 0.888. The molecule has 1 atom stereocenters. The van der Waals surface area contributed by atoms with Crippen LogP contribution in [0, 0.1) is 6.92 Å². The maximum Gasteiger partial charge on any atom is 0.252 e. The molecule has 0 saturated carbocycles. The van der Waals surface area contributed by atoms with Crippen LogP contribution in [0.3, 0.4) is 0 Å². The molecule has 0 aliphatic rings. The first kappa shape index (κ1) is 15.5. The predicted octanol–water partition coefficient (Wildman–Crippen LogP) is 3.55. The fourth-order valence-electron chi connectivity index (χ4n) is 2.10. The molecule has 1 aromatic carbocycles. The number of hydrogen-bond acceptors (Lipinski definition) is 4. The highest BCUT2D eigenvalue weighted by Crippen LogP contribution is 2.21. The number of nitrogens with one attached hydrogen (secondary N) is 2. The van der Waals surface area contributed by atoms with E-state index in [1.807, 2.05) is 45.3 Å². The largest absolute Gasteiger partial charge is 0.388 e. The molecule has 1 aromatic heterocycles. The van der Waals surface area contributed by atoms with Crippen molar-refractivity contribution in [3.63, 3.8) is 0 Å². The fraction of sp³-hybridized carbons (Fsp3) is 0.375. The van der Waals surface area contributed by atoms with Crippen molar-refractivity contribution < 1.29 is 4.79 Å². The van der Waals surface area contributed by atoms with Crippen LogP contribution in [-0.2, 0) is 6.42 Å². The summed E-state index contributed by atoms with van der Waals surface area (Å²) in [5.41, 5.74) is 2.66. The molecule has 2 aromatic rings. The Kier molecular flexibility index (Phi) is 4.96. The summed E-state index contributed by atoms with van der Waals surface area (Å²) in [6.45, 7) is 6.01. The lowest BCUT2D eigenvalue weighted by atomic mass is 10.1. The third-order valence-electron chi connectivity index (χ3n) is 3.40. The van der Waals surface area contributed by atoms with Gasteiger partial charge in [0, 0.05) is 29.4 Å². The molecule has 21 heavy (non-hydrogen) atoms. The minimum atomic E-state index is -0.0776. The van der Waals surface area contributed by atoms with Gasteiger partial charge in [-0.05, 0) is 44.0 Å². The van der Waals surface area contributed by atoms with Gasteiger partial charge in [-0.3, -0.25) is 4.79 Å². The van der Waals surface area contributed by atoms with Gasteiger partial charge in [0.1, 0.15) is 5.01 Å². The Balaban J connectivity index is 2.10. The monoisotopic (exact) mass is 303 g/mol. The number of anilines is 1. The maximum atomic E-state index is 12.4. The van der Waals surface area contributed by atoms with Crippen molar-refractivity contribution in [3.8, 4) is 0 Å². The molecule has 1 heterocycles. The van der Waals surface area contributed by atoms with Crippen LogP contribution in [0.4, 0.5) is 5.69 Å². The lowest BCUT2D eigenvalue weighted by Crippen LogP contribution is -2.27. The maximum absolute atomic E-state index is 12.4. The second-order valence-corrected chi connectivity index (χ2v) is 6.14. The van der Waals surface area contributed by atoms with Gasteiger partial charge in [0.2, 0.25) is 0 Å². The van der Waals surface area contributed by atoms with Gasteiger partial charge < -0.3 is 10.6 Å². The van der Waals surface area contributed by atoms with Crippen molar-refractivity contribution in [1.29, 1.82) is 0 Å². The van der Waals surface area contributed by atoms with E-state index >= 15 is 0 Å². The molecule has 0 bridgehead atoms. The Hall–Kier alpha value is -1.88. The zero-order chi connectivity index (χ0) is 15.4. The van der Waals surface area contributed by atoms with E-state index in [9.17, 15) is 4.79 Å². The number of carbonyl (C=O) groups excluding carboxylic acids is 1. The molecule has 112 valence electrons. The van der Waals surface area contributed by atoms with E-state index in [4.69, 9.17) is 0 Å². The van der Waals surface area contributed by atoms with Crippen LogP contribution in [0.1, 0.15) is 45.7 Å². The highest BCUT2D eigenvalue weighted by atomic mass is 32.1. The smallest absolute Gasteiger partial charge is 0.252 e. The molecule has 0 spiro atoms. The Labute approximate surface area is 129 Å². The molecule has 0 saturated heterocycles. The Morgan fingerprint density at radius 2 is 2.19 bits per heavy atom. The fourth-order valence-corrected chi connectivity index (χ4v) is 2.96. The zero-order valence-corrected chi connectivity index (χ0v) is 13.7. The lowest BCUT2D eigenvalue weighted by molar-refractivity contribution is 0.0939. The summed E-state index contributed by atoms with van der Waals surface area (Å²) in [6.07, 6.45) is 2.86. The first-order chi connectivity index (χ1) is 10.0. The van der Waals surface area contributed by atoms with Crippen molar-refractivity contribution in [2.24, 2.45) is 0 Å². The topological polar surface area (TPSA) is 54.0 Å². The van der Waals surface area contributed by atoms with E-state index in [-0.39, 0.29) is 11.9 Å². The van der Waals surface area contributed by atoms with Gasteiger partial charge in [-0.25, -0.2) is 4.98 Å². The Morgan fingerprint density at radius 3 is 2.76 bits per heavy atom. The summed E-state index contributed by atoms with van der Waals surface area (Å²) in [7, 11) is 1.87. The summed E-state index contributed by atoms with van der Waals surface area (Å²) in [4.78, 5) is 18.0. The molecular weight excluding hydrogens is 282 g/mol. The summed E-state index contributed by atoms with van der Waals surface area (Å²) >= 11 is 1.65. The molecule has 2 N–H and O–H groups in total. The molecule has 1 amide bonds. The summed E-state index contributed by atoms with van der Waals surface area (Å²) < 4.78 is 0. The molecule has 0 aliphatic heterocycles. The van der Waals surface area contributed by atoms with Crippen LogP contribution in [-0.4, -0.2) is 17.9 Å². The van der Waals surface area contributed by atoms with Gasteiger partial charge in [-0.2, -0.15) is 0 Å². The highest BCUT2D eigenvalue weighted by molar-refractivity contribution is 7.11. The Morgan fingerprint density at radius 1 is 1.43 bits per heavy atom. The second kappa shape index (κ2) is 6.72. The van der Waals surface area contributed by atoms with Gasteiger partial charge in [-0.1, -0.05) is 6.92 Å². The van der Waals surface area contributed by atoms with Crippen LogP contribution < -0.4 is 10.6 Å². The summed E-state index contributed by atoms with van der Waals surface area (Å²) in [5.74, 6) is -0.0594. The van der Waals surface area contributed by atoms with Gasteiger partial charge in [0.05, 0.1) is 6.04 Å². The molecule has 0 radical (unpaired) electrons. The number of benzene rings is 1. The highest BCUT2D eigenvalue weighted by Gasteiger charge is 2.16. The summed E-state index contributed by atoms with van der Waals surface area (Å²) in [5, 5.41) is 7.04. The average molecular weight is 303 g/mol. The normalized spacial score (nSPS) is 12.0. The first-order valence-electron chi connectivity index (χ1n) is 7.09. The second-order valence-electron chi connectivity index (χ2n) is 4.99. The SMILES string of the molecule is CCc1cnc(C(C)NC(=O)c2ccc(NC)cc2C)s1. The van der Waals surface area contributed by atoms with Crippen molar-refractivity contribution in [1.82, 2.24) is 10.3 Å². The molecule has 1 unspecified atom stereocenters. The standard InChI is InChI=1S/C16H21N3OS/c1-5-13-9-18-16(21-13)11(3)19-15(20)14-7-6-12(17-4)8-10(14)2/h6-9,11,17H,5H2,1-4H3,(H,19,20). The summed E-state index contributed by atoms with van der Waals surface area (Å²) in [6, 6.07) is 5.65. The van der Waals surface area contributed by atoms with Gasteiger partial charge in [-0.15, -0.1) is 11.3 Å². The van der Waals surface area contributed by atoms with Crippen LogP contribution in [0.5, 0.6) is 0 Å². The number of carbonyl (C=O) groups is 1. The van der Waals surface area contributed by atoms with E-state index in [1.165, 1.54) is 4.88 Å². The van der Waals surface area contributed by atoms with Gasteiger partial charge in [0.15, 0.2) is 0 Å². The van der Waals surface area contributed by atoms with Gasteiger partial charge in [0.25, 0.3) is 5.91 Å². The number of aryl methyl sites for hydroxylation is 2. The van der Waals surface area contributed by atoms with Crippen molar-refractivity contribution in [3.05, 3.63) is 45.4 Å². The molecule has 5 heteroatoms. The number of amides is 1. The third-order valence-corrected chi connectivity index (χ3v) is 4.72. The van der Waals surface area contributed by atoms with Crippen molar-refractivity contribution >= 4 is 22.9 Å². The number of aromatic nitrogens is 1. The van der Waals surface area contributed by atoms with Crippen LogP contribution in [0.25, 0.3) is 0 Å². The minimum Gasteiger partial charge on any atom is -0.388 e. The van der Waals surface area contributed by atoms with E-state index < -0.39 is 0 Å². The number of hydrogen-bond donors (Lipinski definition) is 2. The molecular formula is C16H21N3OS. The van der Waals surface area contributed by atoms with E-state index in [0.29, 0.717) is 5.56 Å². The molecule has 2 rings (SSSR count). The molecule has 0 aliphatic carbocycles. The van der Waals surface area contributed by atoms with E-state index in [1.54, 1.807) is 11.3 Å². The number of rotatable bonds is 5. The van der Waals surface area contributed by atoms with Gasteiger partial charge >= 0.3 is 0 Å². The average Bonchev–Trinajstić information content (AvgIpc) is 2.95. The van der Waals surface area contributed by atoms with E-state index in [2.05, 4.69) is 22.5 Å². The first-order valence-corrected chi connectivity index (χ1v) is 7.90. The number of thiazole rings is 1. The predicted molar refractivity (Wildman–Crippen MR) is 88.1 cm³/mol. The van der Waals surface area contributed by atoms with Crippen molar-refractivity contribution in [2.45, 2.75) is 33.2 Å². The lowest BCUT2D eigenvalue weighted by Gasteiger charge is -2.13. The zero-order valence-electron chi connectivity index (χ0n) is 12.9. The Bertz CT molecular complexity index is 636. The molecule has 0 fully saturated rings. The number of nitrogens with zero attached hydrogens (tertiary/aromatic N) is 1.